The van der Waals surface area contributed by atoms with Crippen molar-refractivity contribution in [1.82, 2.24) is 4.98 Å². The fraction of sp³-hybridized carbons (Fsp3) is 0.143. The average Bonchev–Trinajstić information content (AvgIpc) is 2.27. The molecule has 18 heavy (non-hydrogen) atoms. The van der Waals surface area contributed by atoms with Crippen molar-refractivity contribution in [3.8, 4) is 0 Å². The van der Waals surface area contributed by atoms with Gasteiger partial charge in [0.1, 0.15) is 0 Å². The summed E-state index contributed by atoms with van der Waals surface area (Å²) >= 11 is 9.29. The van der Waals surface area contributed by atoms with Crippen LogP contribution in [0.3, 0.4) is 0 Å². The number of carbonyl (C=O) groups is 1. The maximum absolute atomic E-state index is 12.1. The number of benzene rings is 1. The summed E-state index contributed by atoms with van der Waals surface area (Å²) in [6.45, 7) is 1.92. The van der Waals surface area contributed by atoms with Crippen LogP contribution in [0.1, 0.15) is 21.5 Å². The molecule has 0 unspecified atom stereocenters. The second kappa shape index (κ2) is 5.63. The number of hydrogen-bond acceptors (Lipinski definition) is 2. The number of pyridine rings is 1. The van der Waals surface area contributed by atoms with Crippen LogP contribution in [0.5, 0.6) is 0 Å². The number of nitrogens with zero attached hydrogens (tertiary/aromatic N) is 1. The van der Waals surface area contributed by atoms with E-state index in [2.05, 4.69) is 20.9 Å². The van der Waals surface area contributed by atoms with Gasteiger partial charge in [-0.3, -0.25) is 9.78 Å². The molecule has 2 nitrogen and oxygen atoms in total. The highest BCUT2D eigenvalue weighted by molar-refractivity contribution is 9.10. The summed E-state index contributed by atoms with van der Waals surface area (Å²) in [4.78, 5) is 16.2. The van der Waals surface area contributed by atoms with E-state index in [1.54, 1.807) is 18.5 Å². The van der Waals surface area contributed by atoms with Crippen LogP contribution in [0.2, 0.25) is 5.02 Å². The van der Waals surface area contributed by atoms with Gasteiger partial charge in [0.15, 0.2) is 5.78 Å². The lowest BCUT2D eigenvalue weighted by atomic mass is 10.0. The molecule has 0 N–H and O–H groups in total. The Labute approximate surface area is 119 Å². The van der Waals surface area contributed by atoms with Crippen molar-refractivity contribution in [2.75, 3.05) is 0 Å². The summed E-state index contributed by atoms with van der Waals surface area (Å²) in [6.07, 6.45) is 3.71. The Morgan fingerprint density at radius 2 is 2.06 bits per heavy atom. The molecule has 1 heterocycles. The molecule has 0 spiro atoms. The summed E-state index contributed by atoms with van der Waals surface area (Å²) in [5.74, 6) is 0.0421. The second-order valence-electron chi connectivity index (χ2n) is 4.13. The molecule has 0 radical (unpaired) electrons. The van der Waals surface area contributed by atoms with Crippen LogP contribution < -0.4 is 0 Å². The van der Waals surface area contributed by atoms with E-state index in [-0.39, 0.29) is 5.78 Å². The smallest absolute Gasteiger partial charge is 0.167 e. The molecule has 1 aromatic carbocycles. The molecule has 0 atom stereocenters. The zero-order valence-electron chi connectivity index (χ0n) is 9.78. The first-order chi connectivity index (χ1) is 8.54. The van der Waals surface area contributed by atoms with Crippen molar-refractivity contribution in [1.29, 1.82) is 0 Å². The van der Waals surface area contributed by atoms with Crippen molar-refractivity contribution in [3.63, 3.8) is 0 Å². The first-order valence-electron chi connectivity index (χ1n) is 5.44. The monoisotopic (exact) mass is 323 g/mol. The van der Waals surface area contributed by atoms with Gasteiger partial charge in [0.2, 0.25) is 0 Å². The first-order valence-corrected chi connectivity index (χ1v) is 6.61. The molecule has 0 fully saturated rings. The summed E-state index contributed by atoms with van der Waals surface area (Å²) < 4.78 is 0.870. The molecule has 2 aromatic rings. The quantitative estimate of drug-likeness (QED) is 0.791. The number of halogens is 2. The minimum Gasteiger partial charge on any atom is -0.294 e. The highest BCUT2D eigenvalue weighted by Crippen LogP contribution is 2.17. The van der Waals surface area contributed by atoms with Crippen LogP contribution in [-0.2, 0) is 6.42 Å². The lowest BCUT2D eigenvalue weighted by Gasteiger charge is -2.04. The number of carbonyl (C=O) groups excluding carboxylic acids is 1. The molecule has 0 saturated heterocycles. The van der Waals surface area contributed by atoms with Crippen LogP contribution >= 0.6 is 27.5 Å². The molecule has 92 valence electrons. The zero-order chi connectivity index (χ0) is 13.1. The van der Waals surface area contributed by atoms with E-state index in [0.717, 1.165) is 15.6 Å². The third-order valence-corrected chi connectivity index (χ3v) is 3.14. The highest BCUT2D eigenvalue weighted by Gasteiger charge is 2.09. The van der Waals surface area contributed by atoms with Crippen LogP contribution in [-0.4, -0.2) is 10.8 Å². The zero-order valence-corrected chi connectivity index (χ0v) is 12.1. The first kappa shape index (κ1) is 13.2. The molecular weight excluding hydrogens is 314 g/mol. The maximum Gasteiger partial charge on any atom is 0.167 e. The predicted octanol–water partition coefficient (Wildman–Crippen LogP) is 4.23. The molecule has 0 amide bonds. The van der Waals surface area contributed by atoms with E-state index in [0.29, 0.717) is 17.0 Å². The summed E-state index contributed by atoms with van der Waals surface area (Å²) in [6, 6.07) is 7.27. The van der Waals surface area contributed by atoms with Gasteiger partial charge in [-0.1, -0.05) is 11.6 Å². The Bertz CT molecular complexity index is 578. The van der Waals surface area contributed by atoms with Crippen LogP contribution in [0.15, 0.2) is 41.1 Å². The molecule has 0 aliphatic heterocycles. The fourth-order valence-electron chi connectivity index (χ4n) is 1.74. The average molecular weight is 325 g/mol. The number of aryl methyl sites for hydroxylation is 1. The summed E-state index contributed by atoms with van der Waals surface area (Å²) in [5, 5.41) is 0.589. The van der Waals surface area contributed by atoms with E-state index >= 15 is 0 Å². The van der Waals surface area contributed by atoms with Gasteiger partial charge < -0.3 is 0 Å². The largest absolute Gasteiger partial charge is 0.294 e. The molecular formula is C14H11BrClNO. The summed E-state index contributed by atoms with van der Waals surface area (Å²) in [7, 11) is 0. The minimum absolute atomic E-state index is 0.0421. The van der Waals surface area contributed by atoms with E-state index in [4.69, 9.17) is 11.6 Å². The Morgan fingerprint density at radius 3 is 2.72 bits per heavy atom. The standard InChI is InChI=1S/C14H11BrClNO/c1-9-2-11(6-13(16)3-9)14(18)5-10-4-12(15)8-17-7-10/h2-4,6-8H,5H2,1H3. The fourth-order valence-corrected chi connectivity index (χ4v) is 2.44. The van der Waals surface area contributed by atoms with Crippen molar-refractivity contribution in [2.24, 2.45) is 0 Å². The van der Waals surface area contributed by atoms with E-state index in [1.807, 2.05) is 25.1 Å². The van der Waals surface area contributed by atoms with Gasteiger partial charge in [-0.05, 0) is 58.2 Å². The lowest BCUT2D eigenvalue weighted by Crippen LogP contribution is -2.04. The molecule has 0 aliphatic carbocycles. The molecule has 1 aromatic heterocycles. The van der Waals surface area contributed by atoms with Gasteiger partial charge >= 0.3 is 0 Å². The Morgan fingerprint density at radius 1 is 1.28 bits per heavy atom. The Hall–Kier alpha value is -1.19. The maximum atomic E-state index is 12.1. The van der Waals surface area contributed by atoms with Crippen molar-refractivity contribution in [2.45, 2.75) is 13.3 Å². The molecule has 0 bridgehead atoms. The molecule has 4 heteroatoms. The van der Waals surface area contributed by atoms with Crippen LogP contribution in [0, 0.1) is 6.92 Å². The SMILES string of the molecule is Cc1cc(Cl)cc(C(=O)Cc2cncc(Br)c2)c1. The number of Topliss-reactive ketones (excluding diaryl/α,β-unsaturated/α-hetero) is 1. The van der Waals surface area contributed by atoms with Crippen molar-refractivity contribution >= 4 is 33.3 Å². The number of aromatic nitrogens is 1. The van der Waals surface area contributed by atoms with Gasteiger partial charge in [-0.15, -0.1) is 0 Å². The van der Waals surface area contributed by atoms with Gasteiger partial charge in [0.25, 0.3) is 0 Å². The third-order valence-electron chi connectivity index (χ3n) is 2.49. The van der Waals surface area contributed by atoms with Gasteiger partial charge in [-0.2, -0.15) is 0 Å². The van der Waals surface area contributed by atoms with E-state index < -0.39 is 0 Å². The third kappa shape index (κ3) is 3.40. The van der Waals surface area contributed by atoms with E-state index in [1.165, 1.54) is 0 Å². The van der Waals surface area contributed by atoms with Crippen LogP contribution in [0.25, 0.3) is 0 Å². The van der Waals surface area contributed by atoms with Gasteiger partial charge in [0, 0.05) is 33.9 Å². The van der Waals surface area contributed by atoms with Gasteiger partial charge in [0.05, 0.1) is 0 Å². The normalized spacial score (nSPS) is 10.4. The van der Waals surface area contributed by atoms with E-state index in [9.17, 15) is 4.79 Å². The molecule has 2 rings (SSSR count). The minimum atomic E-state index is 0.0421. The second-order valence-corrected chi connectivity index (χ2v) is 5.48. The Kier molecular flexibility index (Phi) is 4.15. The molecule has 0 saturated carbocycles. The number of hydrogen-bond donors (Lipinski definition) is 0. The number of ketones is 1. The van der Waals surface area contributed by atoms with Crippen molar-refractivity contribution < 1.29 is 4.79 Å². The highest BCUT2D eigenvalue weighted by atomic mass is 79.9. The topological polar surface area (TPSA) is 30.0 Å². The predicted molar refractivity (Wildman–Crippen MR) is 76.2 cm³/mol. The number of rotatable bonds is 3. The van der Waals surface area contributed by atoms with Crippen molar-refractivity contribution in [3.05, 3.63) is 62.8 Å². The molecule has 0 aliphatic rings. The lowest BCUT2D eigenvalue weighted by molar-refractivity contribution is 0.0993. The van der Waals surface area contributed by atoms with Gasteiger partial charge in [-0.25, -0.2) is 0 Å². The summed E-state index contributed by atoms with van der Waals surface area (Å²) in [5.41, 5.74) is 2.50. The van der Waals surface area contributed by atoms with Crippen LogP contribution in [0.4, 0.5) is 0 Å². The Balaban J connectivity index is 2.22.